The molecule has 2 atom stereocenters. The molecule has 0 radical (unpaired) electrons. The molecule has 2 aliphatic heterocycles. The normalized spacial score (nSPS) is 23.5. The van der Waals surface area contributed by atoms with Gasteiger partial charge in [-0.15, -0.1) is 0 Å². The van der Waals surface area contributed by atoms with Gasteiger partial charge >= 0.3 is 0 Å². The molecule has 104 valence electrons. The van der Waals surface area contributed by atoms with Crippen LogP contribution in [0.4, 0.5) is 11.4 Å². The predicted octanol–water partition coefficient (Wildman–Crippen LogP) is 1.25. The molecular formula is C14H20N2O3. The van der Waals surface area contributed by atoms with Gasteiger partial charge in [-0.25, -0.2) is 0 Å². The van der Waals surface area contributed by atoms with Crippen LogP contribution in [0.3, 0.4) is 0 Å². The molecule has 3 N–H and O–H groups in total. The fraction of sp³-hybridized carbons (Fsp3) is 0.571. The van der Waals surface area contributed by atoms with E-state index in [1.54, 1.807) is 0 Å². The lowest BCUT2D eigenvalue weighted by Gasteiger charge is -2.25. The summed E-state index contributed by atoms with van der Waals surface area (Å²) >= 11 is 0. The van der Waals surface area contributed by atoms with E-state index in [0.29, 0.717) is 24.8 Å². The van der Waals surface area contributed by atoms with E-state index in [-0.39, 0.29) is 6.10 Å². The van der Waals surface area contributed by atoms with Gasteiger partial charge in [0.2, 0.25) is 0 Å². The number of ether oxygens (including phenoxy) is 2. The second-order valence-electron chi connectivity index (χ2n) is 5.29. The molecule has 5 heteroatoms. The van der Waals surface area contributed by atoms with Crippen molar-refractivity contribution in [1.29, 1.82) is 0 Å². The number of nitrogens with two attached hydrogens (primary N) is 1. The fourth-order valence-electron chi connectivity index (χ4n) is 2.77. The quantitative estimate of drug-likeness (QED) is 0.787. The first kappa shape index (κ1) is 12.4. The van der Waals surface area contributed by atoms with Gasteiger partial charge in [-0.3, -0.25) is 0 Å². The Hall–Kier alpha value is -1.62. The van der Waals surface area contributed by atoms with Gasteiger partial charge < -0.3 is 25.2 Å². The van der Waals surface area contributed by atoms with E-state index < -0.39 is 0 Å². The van der Waals surface area contributed by atoms with Crippen molar-refractivity contribution in [3.8, 4) is 11.5 Å². The molecule has 19 heavy (non-hydrogen) atoms. The summed E-state index contributed by atoms with van der Waals surface area (Å²) in [6.07, 6.45) is 0.717. The summed E-state index contributed by atoms with van der Waals surface area (Å²) in [5, 5.41) is 9.68. The molecule has 1 saturated heterocycles. The van der Waals surface area contributed by atoms with Gasteiger partial charge in [-0.2, -0.15) is 0 Å². The Balaban J connectivity index is 1.85. The van der Waals surface area contributed by atoms with Crippen molar-refractivity contribution in [3.63, 3.8) is 0 Å². The summed E-state index contributed by atoms with van der Waals surface area (Å²) in [6.45, 7) is 4.74. The van der Waals surface area contributed by atoms with Crippen LogP contribution in [0.15, 0.2) is 12.1 Å². The summed E-state index contributed by atoms with van der Waals surface area (Å²) in [5.41, 5.74) is 7.79. The molecule has 0 spiro atoms. The Bertz CT molecular complexity index is 476. The molecule has 2 heterocycles. The first-order valence-corrected chi connectivity index (χ1v) is 6.77. The number of fused-ring (bicyclic) bond motifs is 1. The van der Waals surface area contributed by atoms with Crippen molar-refractivity contribution >= 4 is 11.4 Å². The average molecular weight is 264 g/mol. The Labute approximate surface area is 112 Å². The maximum Gasteiger partial charge on any atom is 0.163 e. The van der Waals surface area contributed by atoms with Crippen LogP contribution in [-0.2, 0) is 0 Å². The molecule has 1 aromatic rings. The lowest BCUT2D eigenvalue weighted by atomic mass is 10.0. The Kier molecular flexibility index (Phi) is 3.14. The standard InChI is InChI=1S/C14H20N2O3/c1-9(17)10-2-3-16(8-10)12-7-14-13(6-11(12)15)18-4-5-19-14/h6-7,9-10,17H,2-5,8,15H2,1H3. The highest BCUT2D eigenvalue weighted by Gasteiger charge is 2.28. The molecular weight excluding hydrogens is 244 g/mol. The van der Waals surface area contributed by atoms with Crippen molar-refractivity contribution in [2.24, 2.45) is 5.92 Å². The molecule has 0 aromatic heterocycles. The van der Waals surface area contributed by atoms with E-state index in [9.17, 15) is 5.11 Å². The van der Waals surface area contributed by atoms with E-state index in [0.717, 1.165) is 36.7 Å². The van der Waals surface area contributed by atoms with Crippen LogP contribution in [0.5, 0.6) is 11.5 Å². The van der Waals surface area contributed by atoms with Crippen LogP contribution >= 0.6 is 0 Å². The van der Waals surface area contributed by atoms with Crippen molar-refractivity contribution in [2.75, 3.05) is 36.9 Å². The zero-order valence-electron chi connectivity index (χ0n) is 11.1. The van der Waals surface area contributed by atoms with Crippen LogP contribution < -0.4 is 20.1 Å². The molecule has 0 saturated carbocycles. The third-order valence-electron chi connectivity index (χ3n) is 3.94. The summed E-state index contributed by atoms with van der Waals surface area (Å²) in [4.78, 5) is 2.21. The number of aliphatic hydroxyl groups is 1. The lowest BCUT2D eigenvalue weighted by Crippen LogP contribution is -2.25. The van der Waals surface area contributed by atoms with Crippen LogP contribution in [0.1, 0.15) is 13.3 Å². The number of nitrogens with zero attached hydrogens (tertiary/aromatic N) is 1. The molecule has 1 fully saturated rings. The van der Waals surface area contributed by atoms with Crippen molar-refractivity contribution in [1.82, 2.24) is 0 Å². The number of hydrogen-bond acceptors (Lipinski definition) is 5. The van der Waals surface area contributed by atoms with Crippen LogP contribution in [-0.4, -0.2) is 37.5 Å². The fourth-order valence-corrected chi connectivity index (χ4v) is 2.77. The van der Waals surface area contributed by atoms with Crippen LogP contribution in [0.25, 0.3) is 0 Å². The summed E-state index contributed by atoms with van der Waals surface area (Å²) in [7, 11) is 0. The zero-order chi connectivity index (χ0) is 13.4. The number of anilines is 2. The molecule has 0 bridgehead atoms. The molecule has 2 aliphatic rings. The van der Waals surface area contributed by atoms with Crippen LogP contribution in [0.2, 0.25) is 0 Å². The molecule has 0 aliphatic carbocycles. The van der Waals surface area contributed by atoms with E-state index in [4.69, 9.17) is 15.2 Å². The minimum atomic E-state index is -0.275. The average Bonchev–Trinajstić information content (AvgIpc) is 2.87. The van der Waals surface area contributed by atoms with E-state index in [2.05, 4.69) is 4.90 Å². The van der Waals surface area contributed by atoms with Crippen molar-refractivity contribution < 1.29 is 14.6 Å². The summed E-state index contributed by atoms with van der Waals surface area (Å²) in [6, 6.07) is 3.79. The Morgan fingerprint density at radius 3 is 2.63 bits per heavy atom. The Morgan fingerprint density at radius 2 is 2.00 bits per heavy atom. The maximum atomic E-state index is 9.68. The lowest BCUT2D eigenvalue weighted by molar-refractivity contribution is 0.136. The molecule has 2 unspecified atom stereocenters. The largest absolute Gasteiger partial charge is 0.486 e. The highest BCUT2D eigenvalue weighted by atomic mass is 16.6. The molecule has 0 amide bonds. The third-order valence-corrected chi connectivity index (χ3v) is 3.94. The monoisotopic (exact) mass is 264 g/mol. The summed E-state index contributed by atoms with van der Waals surface area (Å²) in [5.74, 6) is 1.79. The number of benzene rings is 1. The predicted molar refractivity (Wildman–Crippen MR) is 73.8 cm³/mol. The third kappa shape index (κ3) is 2.30. The van der Waals surface area contributed by atoms with Gasteiger partial charge in [0.05, 0.1) is 17.5 Å². The van der Waals surface area contributed by atoms with Gasteiger partial charge in [-0.1, -0.05) is 0 Å². The van der Waals surface area contributed by atoms with Gasteiger partial charge in [0.1, 0.15) is 13.2 Å². The van der Waals surface area contributed by atoms with Crippen LogP contribution in [0, 0.1) is 5.92 Å². The topological polar surface area (TPSA) is 68.0 Å². The summed E-state index contributed by atoms with van der Waals surface area (Å²) < 4.78 is 11.1. The minimum absolute atomic E-state index is 0.275. The second kappa shape index (κ2) is 4.81. The minimum Gasteiger partial charge on any atom is -0.486 e. The Morgan fingerprint density at radius 1 is 1.32 bits per heavy atom. The first-order chi connectivity index (χ1) is 9.15. The number of nitrogen functional groups attached to an aromatic ring is 1. The SMILES string of the molecule is CC(O)C1CCN(c2cc3c(cc2N)OCCO3)C1. The zero-order valence-corrected chi connectivity index (χ0v) is 11.1. The van der Waals surface area contributed by atoms with E-state index >= 15 is 0 Å². The first-order valence-electron chi connectivity index (χ1n) is 6.77. The number of hydrogen-bond donors (Lipinski definition) is 2. The van der Waals surface area contributed by atoms with E-state index in [1.165, 1.54) is 0 Å². The molecule has 5 nitrogen and oxygen atoms in total. The molecule has 1 aromatic carbocycles. The van der Waals surface area contributed by atoms with Gasteiger partial charge in [-0.05, 0) is 13.3 Å². The highest BCUT2D eigenvalue weighted by molar-refractivity contribution is 5.73. The maximum absolute atomic E-state index is 9.68. The van der Waals surface area contributed by atoms with Crippen molar-refractivity contribution in [3.05, 3.63) is 12.1 Å². The smallest absolute Gasteiger partial charge is 0.163 e. The van der Waals surface area contributed by atoms with Gasteiger partial charge in [0, 0.05) is 31.1 Å². The van der Waals surface area contributed by atoms with Gasteiger partial charge in [0.15, 0.2) is 11.5 Å². The number of aliphatic hydroxyl groups excluding tert-OH is 1. The van der Waals surface area contributed by atoms with Crippen molar-refractivity contribution in [2.45, 2.75) is 19.4 Å². The highest BCUT2D eigenvalue weighted by Crippen LogP contribution is 2.40. The second-order valence-corrected chi connectivity index (χ2v) is 5.29. The number of rotatable bonds is 2. The van der Waals surface area contributed by atoms with E-state index in [1.807, 2.05) is 19.1 Å². The van der Waals surface area contributed by atoms with Gasteiger partial charge in [0.25, 0.3) is 0 Å². The molecule has 3 rings (SSSR count).